The van der Waals surface area contributed by atoms with Crippen molar-refractivity contribution in [2.75, 3.05) is 0 Å². The average Bonchev–Trinajstić information content (AvgIpc) is 3.87. The van der Waals surface area contributed by atoms with Crippen LogP contribution in [0.25, 0.3) is 111 Å². The minimum absolute atomic E-state index is 0.703. The molecule has 9 aromatic carbocycles. The Balaban J connectivity index is 0.932. The molecule has 0 unspecified atom stereocenters. The van der Waals surface area contributed by atoms with Gasteiger partial charge in [-0.1, -0.05) is 176 Å². The van der Waals surface area contributed by atoms with Gasteiger partial charge in [0.2, 0.25) is 0 Å². The molecule has 0 saturated carbocycles. The Morgan fingerprint density at radius 3 is 1.44 bits per heavy atom. The van der Waals surface area contributed by atoms with Gasteiger partial charge in [0.1, 0.15) is 0 Å². The van der Waals surface area contributed by atoms with Crippen molar-refractivity contribution in [3.8, 4) is 67.5 Å². The van der Waals surface area contributed by atoms with Gasteiger partial charge < -0.3 is 9.13 Å². The quantitative estimate of drug-likeness (QED) is 0.161. The zero-order valence-electron chi connectivity index (χ0n) is 33.7. The highest BCUT2D eigenvalue weighted by Crippen LogP contribution is 2.40. The van der Waals surface area contributed by atoms with Crippen molar-refractivity contribution in [1.82, 2.24) is 19.1 Å². The summed E-state index contributed by atoms with van der Waals surface area (Å²) in [6, 6.07) is 82.1. The van der Waals surface area contributed by atoms with Gasteiger partial charge in [-0.2, -0.15) is 0 Å². The number of hydrogen-bond acceptors (Lipinski definition) is 2. The van der Waals surface area contributed by atoms with Gasteiger partial charge in [0.25, 0.3) is 0 Å². The standard InChI is InChI=1S/C58H38N4/c1-4-15-41(16-5-1)51-38-52(42-17-6-2-7-18-42)60-58(59-51)43-29-27-39(28-30-43)44-33-36-49-48-21-10-12-24-53(48)62(56(49)37-44)46-34-31-40(32-35-46)47-23-14-26-55-57(47)50-22-11-13-25-54(50)61(55)45-19-8-3-9-20-45/h1-38H. The monoisotopic (exact) mass is 790 g/mol. The lowest BCUT2D eigenvalue weighted by Gasteiger charge is -2.12. The molecule has 0 N–H and O–H groups in total. The fourth-order valence-corrected chi connectivity index (χ4v) is 9.24. The number of aromatic nitrogens is 4. The second kappa shape index (κ2) is 14.7. The van der Waals surface area contributed by atoms with Crippen molar-refractivity contribution in [2.45, 2.75) is 0 Å². The highest BCUT2D eigenvalue weighted by Gasteiger charge is 2.18. The van der Waals surface area contributed by atoms with Crippen LogP contribution in [-0.4, -0.2) is 19.1 Å². The lowest BCUT2D eigenvalue weighted by Crippen LogP contribution is -1.96. The first-order chi connectivity index (χ1) is 30.7. The van der Waals surface area contributed by atoms with Crippen molar-refractivity contribution in [3.05, 3.63) is 231 Å². The summed E-state index contributed by atoms with van der Waals surface area (Å²) in [6.45, 7) is 0. The van der Waals surface area contributed by atoms with E-state index in [-0.39, 0.29) is 0 Å². The van der Waals surface area contributed by atoms with E-state index in [1.165, 1.54) is 54.7 Å². The van der Waals surface area contributed by atoms with Crippen LogP contribution in [0.1, 0.15) is 0 Å². The molecule has 4 heteroatoms. The smallest absolute Gasteiger partial charge is 0.160 e. The van der Waals surface area contributed by atoms with E-state index in [1.807, 2.05) is 36.4 Å². The molecule has 0 spiro atoms. The van der Waals surface area contributed by atoms with Crippen LogP contribution in [-0.2, 0) is 0 Å². The fraction of sp³-hybridized carbons (Fsp3) is 0. The Bertz CT molecular complexity index is 3530. The molecule has 4 nitrogen and oxygen atoms in total. The molecular formula is C58H38N4. The molecule has 0 aliphatic carbocycles. The van der Waals surface area contributed by atoms with Gasteiger partial charge in [-0.05, 0) is 76.9 Å². The summed E-state index contributed by atoms with van der Waals surface area (Å²) >= 11 is 0. The number of hydrogen-bond donors (Lipinski definition) is 0. The van der Waals surface area contributed by atoms with Crippen LogP contribution >= 0.6 is 0 Å². The van der Waals surface area contributed by atoms with Gasteiger partial charge in [-0.3, -0.25) is 0 Å². The van der Waals surface area contributed by atoms with Crippen LogP contribution in [0.3, 0.4) is 0 Å². The summed E-state index contributed by atoms with van der Waals surface area (Å²) in [6.07, 6.45) is 0. The van der Waals surface area contributed by atoms with E-state index in [2.05, 4.69) is 203 Å². The van der Waals surface area contributed by atoms with Crippen molar-refractivity contribution in [1.29, 1.82) is 0 Å². The lowest BCUT2D eigenvalue weighted by molar-refractivity contribution is 1.18. The second-order valence-corrected chi connectivity index (χ2v) is 15.8. The predicted octanol–water partition coefficient (Wildman–Crippen LogP) is 15.0. The summed E-state index contributed by atoms with van der Waals surface area (Å²) in [5, 5.41) is 4.97. The molecule has 0 atom stereocenters. The van der Waals surface area contributed by atoms with Crippen LogP contribution in [0.2, 0.25) is 0 Å². The molecule has 12 aromatic rings. The number of benzene rings is 9. The van der Waals surface area contributed by atoms with Gasteiger partial charge in [0.15, 0.2) is 5.82 Å². The maximum Gasteiger partial charge on any atom is 0.160 e. The van der Waals surface area contributed by atoms with Crippen LogP contribution in [0, 0.1) is 0 Å². The first kappa shape index (κ1) is 35.6. The van der Waals surface area contributed by atoms with E-state index in [0.29, 0.717) is 5.82 Å². The van der Waals surface area contributed by atoms with E-state index < -0.39 is 0 Å². The second-order valence-electron chi connectivity index (χ2n) is 15.8. The van der Waals surface area contributed by atoms with Gasteiger partial charge >= 0.3 is 0 Å². The van der Waals surface area contributed by atoms with Crippen molar-refractivity contribution in [3.63, 3.8) is 0 Å². The van der Waals surface area contributed by atoms with E-state index >= 15 is 0 Å². The Morgan fingerprint density at radius 1 is 0.274 bits per heavy atom. The van der Waals surface area contributed by atoms with Gasteiger partial charge in [0, 0.05) is 49.6 Å². The Labute approximate surface area is 359 Å². The average molecular weight is 791 g/mol. The van der Waals surface area contributed by atoms with Crippen LogP contribution < -0.4 is 0 Å². The summed E-state index contributed by atoms with van der Waals surface area (Å²) in [5.74, 6) is 0.703. The van der Waals surface area contributed by atoms with Crippen molar-refractivity contribution < 1.29 is 0 Å². The zero-order valence-corrected chi connectivity index (χ0v) is 33.7. The van der Waals surface area contributed by atoms with E-state index in [1.54, 1.807) is 0 Å². The first-order valence-electron chi connectivity index (χ1n) is 21.1. The molecule has 0 radical (unpaired) electrons. The van der Waals surface area contributed by atoms with Crippen LogP contribution in [0.4, 0.5) is 0 Å². The van der Waals surface area contributed by atoms with Gasteiger partial charge in [-0.25, -0.2) is 9.97 Å². The van der Waals surface area contributed by atoms with Crippen molar-refractivity contribution >= 4 is 43.6 Å². The third-order valence-electron chi connectivity index (χ3n) is 12.2. The minimum Gasteiger partial charge on any atom is -0.309 e. The van der Waals surface area contributed by atoms with E-state index in [4.69, 9.17) is 9.97 Å². The third kappa shape index (κ3) is 6.00. The van der Waals surface area contributed by atoms with Crippen molar-refractivity contribution in [2.24, 2.45) is 0 Å². The van der Waals surface area contributed by atoms with Crippen LogP contribution in [0.5, 0.6) is 0 Å². The summed E-state index contributed by atoms with van der Waals surface area (Å²) in [4.78, 5) is 10.1. The molecule has 0 saturated heterocycles. The predicted molar refractivity (Wildman–Crippen MR) is 258 cm³/mol. The lowest BCUT2D eigenvalue weighted by atomic mass is 9.99. The number of nitrogens with zero attached hydrogens (tertiary/aromatic N) is 4. The summed E-state index contributed by atoms with van der Waals surface area (Å²) in [5.41, 5.74) is 16.6. The molecule has 0 fully saturated rings. The number of rotatable bonds is 7. The minimum atomic E-state index is 0.703. The van der Waals surface area contributed by atoms with E-state index in [9.17, 15) is 0 Å². The normalized spacial score (nSPS) is 11.5. The molecule has 12 rings (SSSR count). The Morgan fingerprint density at radius 2 is 0.758 bits per heavy atom. The highest BCUT2D eigenvalue weighted by atomic mass is 15.0. The molecule has 0 aliphatic heterocycles. The molecule has 0 bridgehead atoms. The fourth-order valence-electron chi connectivity index (χ4n) is 9.24. The largest absolute Gasteiger partial charge is 0.309 e. The maximum absolute atomic E-state index is 5.06. The molecule has 3 heterocycles. The van der Waals surface area contributed by atoms with E-state index in [0.717, 1.165) is 50.6 Å². The molecule has 290 valence electrons. The highest BCUT2D eigenvalue weighted by molar-refractivity contribution is 6.16. The SMILES string of the molecule is c1ccc(-c2cc(-c3ccccc3)nc(-c3ccc(-c4ccc5c6ccccc6n(-c6ccc(-c7cccc8c7c7ccccc7n8-c7ccccc7)cc6)c5c4)cc3)n2)cc1. The van der Waals surface area contributed by atoms with Gasteiger partial charge in [-0.15, -0.1) is 0 Å². The third-order valence-corrected chi connectivity index (χ3v) is 12.2. The van der Waals surface area contributed by atoms with Gasteiger partial charge in [0.05, 0.1) is 33.5 Å². The Kier molecular flexibility index (Phi) is 8.46. The number of para-hydroxylation sites is 3. The zero-order chi connectivity index (χ0) is 41.0. The molecule has 0 aliphatic rings. The molecule has 3 aromatic heterocycles. The molecule has 0 amide bonds. The first-order valence-corrected chi connectivity index (χ1v) is 21.1. The molecule has 62 heavy (non-hydrogen) atoms. The molecular weight excluding hydrogens is 753 g/mol. The summed E-state index contributed by atoms with van der Waals surface area (Å²) < 4.78 is 4.78. The van der Waals surface area contributed by atoms with Crippen LogP contribution in [0.15, 0.2) is 231 Å². The topological polar surface area (TPSA) is 35.6 Å². The Hall–Kier alpha value is -8.34. The number of fused-ring (bicyclic) bond motifs is 6. The summed E-state index contributed by atoms with van der Waals surface area (Å²) in [7, 11) is 0. The maximum atomic E-state index is 5.06.